The molecule has 80 valence electrons. The minimum atomic E-state index is 0.678. The van der Waals surface area contributed by atoms with Crippen molar-refractivity contribution >= 4 is 12.1 Å². The molecule has 1 saturated heterocycles. The molecule has 1 aliphatic rings. The summed E-state index contributed by atoms with van der Waals surface area (Å²) in [7, 11) is 0. The minimum Gasteiger partial charge on any atom is -0.379 e. The summed E-state index contributed by atoms with van der Waals surface area (Å²) in [4.78, 5) is 11.0. The van der Waals surface area contributed by atoms with Gasteiger partial charge in [-0.05, 0) is 12.1 Å². The standard InChI is InChI=1S/C11H14N2O2/c14-10-13(11-4-2-1-3-5-11)12-6-8-15-9-7-12/h1-5,10H,6-9H2. The van der Waals surface area contributed by atoms with E-state index in [1.165, 1.54) is 0 Å². The number of anilines is 1. The second kappa shape index (κ2) is 4.91. The van der Waals surface area contributed by atoms with Crippen molar-refractivity contribution in [3.63, 3.8) is 0 Å². The number of carbonyl (C=O) groups is 1. The first-order valence-electron chi connectivity index (χ1n) is 5.04. The zero-order chi connectivity index (χ0) is 10.5. The maximum atomic E-state index is 11.0. The van der Waals surface area contributed by atoms with Gasteiger partial charge >= 0.3 is 0 Å². The summed E-state index contributed by atoms with van der Waals surface area (Å²) in [5, 5.41) is 3.63. The Bertz CT molecular complexity index is 310. The van der Waals surface area contributed by atoms with Gasteiger partial charge in [-0.1, -0.05) is 18.2 Å². The summed E-state index contributed by atoms with van der Waals surface area (Å²) < 4.78 is 5.25. The van der Waals surface area contributed by atoms with Crippen molar-refractivity contribution < 1.29 is 9.53 Å². The zero-order valence-corrected chi connectivity index (χ0v) is 8.50. The lowest BCUT2D eigenvalue weighted by atomic mass is 10.3. The van der Waals surface area contributed by atoms with Crippen LogP contribution in [0.4, 0.5) is 5.69 Å². The Morgan fingerprint density at radius 2 is 1.87 bits per heavy atom. The molecule has 0 bridgehead atoms. The van der Waals surface area contributed by atoms with Gasteiger partial charge in [0, 0.05) is 13.1 Å². The number of nitrogens with zero attached hydrogens (tertiary/aromatic N) is 2. The molecule has 15 heavy (non-hydrogen) atoms. The minimum absolute atomic E-state index is 0.678. The number of carbonyl (C=O) groups excluding carboxylic acids is 1. The summed E-state index contributed by atoms with van der Waals surface area (Å²) in [6.45, 7) is 2.87. The summed E-state index contributed by atoms with van der Waals surface area (Å²) in [5.41, 5.74) is 0.898. The van der Waals surface area contributed by atoms with E-state index in [-0.39, 0.29) is 0 Å². The number of morpholine rings is 1. The third-order valence-electron chi connectivity index (χ3n) is 2.41. The van der Waals surface area contributed by atoms with Crippen LogP contribution in [0, 0.1) is 0 Å². The van der Waals surface area contributed by atoms with Gasteiger partial charge in [-0.2, -0.15) is 0 Å². The van der Waals surface area contributed by atoms with Crippen molar-refractivity contribution in [1.82, 2.24) is 5.01 Å². The topological polar surface area (TPSA) is 32.8 Å². The van der Waals surface area contributed by atoms with Crippen molar-refractivity contribution in [2.75, 3.05) is 31.3 Å². The molecule has 0 N–H and O–H groups in total. The molecule has 1 amide bonds. The van der Waals surface area contributed by atoms with Crippen LogP contribution < -0.4 is 5.01 Å². The lowest BCUT2D eigenvalue weighted by Crippen LogP contribution is -2.48. The molecule has 1 fully saturated rings. The maximum Gasteiger partial charge on any atom is 0.228 e. The van der Waals surface area contributed by atoms with E-state index in [2.05, 4.69) is 0 Å². The van der Waals surface area contributed by atoms with Crippen LogP contribution >= 0.6 is 0 Å². The molecule has 0 aromatic heterocycles. The fourth-order valence-corrected chi connectivity index (χ4v) is 1.64. The van der Waals surface area contributed by atoms with Gasteiger partial charge in [0.05, 0.1) is 18.9 Å². The molecule has 2 rings (SSSR count). The zero-order valence-electron chi connectivity index (χ0n) is 8.50. The van der Waals surface area contributed by atoms with E-state index in [9.17, 15) is 4.79 Å². The Morgan fingerprint density at radius 3 is 2.47 bits per heavy atom. The molecule has 1 aromatic carbocycles. The first-order chi connectivity index (χ1) is 7.42. The van der Waals surface area contributed by atoms with E-state index in [1.54, 1.807) is 5.01 Å². The predicted molar refractivity (Wildman–Crippen MR) is 57.4 cm³/mol. The van der Waals surface area contributed by atoms with E-state index < -0.39 is 0 Å². The first-order valence-corrected chi connectivity index (χ1v) is 5.04. The van der Waals surface area contributed by atoms with Crippen molar-refractivity contribution in [2.45, 2.75) is 0 Å². The summed E-state index contributed by atoms with van der Waals surface area (Å²) in [6, 6.07) is 9.62. The van der Waals surface area contributed by atoms with Gasteiger partial charge in [0.25, 0.3) is 0 Å². The average Bonchev–Trinajstić information content (AvgIpc) is 2.33. The number of benzene rings is 1. The van der Waals surface area contributed by atoms with Crippen LogP contribution in [0.15, 0.2) is 30.3 Å². The molecule has 0 radical (unpaired) electrons. The third kappa shape index (κ3) is 2.34. The second-order valence-electron chi connectivity index (χ2n) is 3.35. The lowest BCUT2D eigenvalue weighted by molar-refractivity contribution is -0.111. The Morgan fingerprint density at radius 1 is 1.20 bits per heavy atom. The Labute approximate surface area is 89.0 Å². The second-order valence-corrected chi connectivity index (χ2v) is 3.35. The van der Waals surface area contributed by atoms with Crippen molar-refractivity contribution in [1.29, 1.82) is 0 Å². The van der Waals surface area contributed by atoms with Crippen LogP contribution in [0.2, 0.25) is 0 Å². The van der Waals surface area contributed by atoms with Crippen LogP contribution in [0.5, 0.6) is 0 Å². The molecule has 0 spiro atoms. The number of ether oxygens (including phenoxy) is 1. The van der Waals surface area contributed by atoms with Crippen LogP contribution in [0.1, 0.15) is 0 Å². The molecule has 0 aliphatic carbocycles. The lowest BCUT2D eigenvalue weighted by Gasteiger charge is -2.34. The van der Waals surface area contributed by atoms with Crippen molar-refractivity contribution in [3.8, 4) is 0 Å². The number of amides is 1. The van der Waals surface area contributed by atoms with Crippen molar-refractivity contribution in [2.24, 2.45) is 0 Å². The smallest absolute Gasteiger partial charge is 0.228 e. The maximum absolute atomic E-state index is 11.0. The molecular weight excluding hydrogens is 192 g/mol. The van der Waals surface area contributed by atoms with Gasteiger partial charge in [-0.15, -0.1) is 0 Å². The van der Waals surface area contributed by atoms with Gasteiger partial charge in [0.1, 0.15) is 0 Å². The quantitative estimate of drug-likeness (QED) is 0.689. The normalized spacial score (nSPS) is 17.3. The summed E-state index contributed by atoms with van der Waals surface area (Å²) >= 11 is 0. The molecule has 1 aromatic rings. The van der Waals surface area contributed by atoms with Crippen LogP contribution in [0.25, 0.3) is 0 Å². The Kier molecular flexibility index (Phi) is 3.32. The van der Waals surface area contributed by atoms with E-state index in [1.807, 2.05) is 35.3 Å². The number of hydrogen-bond acceptors (Lipinski definition) is 3. The predicted octanol–water partition coefficient (Wildman–Crippen LogP) is 0.897. The number of hydrogen-bond donors (Lipinski definition) is 0. The Hall–Kier alpha value is -1.39. The summed E-state index contributed by atoms with van der Waals surface area (Å²) in [6.07, 6.45) is 0.848. The molecule has 4 nitrogen and oxygen atoms in total. The third-order valence-corrected chi connectivity index (χ3v) is 2.41. The van der Waals surface area contributed by atoms with Gasteiger partial charge in [-0.25, -0.2) is 10.0 Å². The van der Waals surface area contributed by atoms with E-state index in [0.29, 0.717) is 13.2 Å². The number of para-hydroxylation sites is 1. The van der Waals surface area contributed by atoms with Gasteiger partial charge in [0.2, 0.25) is 6.41 Å². The highest BCUT2D eigenvalue weighted by Gasteiger charge is 2.17. The highest BCUT2D eigenvalue weighted by atomic mass is 16.5. The average molecular weight is 206 g/mol. The molecule has 0 unspecified atom stereocenters. The van der Waals surface area contributed by atoms with Gasteiger partial charge < -0.3 is 4.74 Å². The monoisotopic (exact) mass is 206 g/mol. The highest BCUT2D eigenvalue weighted by molar-refractivity contribution is 5.73. The molecule has 1 heterocycles. The highest BCUT2D eigenvalue weighted by Crippen LogP contribution is 2.14. The van der Waals surface area contributed by atoms with Crippen molar-refractivity contribution in [3.05, 3.63) is 30.3 Å². The molecule has 0 saturated carbocycles. The fraction of sp³-hybridized carbons (Fsp3) is 0.364. The fourth-order valence-electron chi connectivity index (χ4n) is 1.64. The van der Waals surface area contributed by atoms with Crippen LogP contribution in [-0.2, 0) is 9.53 Å². The van der Waals surface area contributed by atoms with E-state index in [4.69, 9.17) is 4.74 Å². The number of rotatable bonds is 3. The summed E-state index contributed by atoms with van der Waals surface area (Å²) in [5.74, 6) is 0. The van der Waals surface area contributed by atoms with E-state index >= 15 is 0 Å². The SMILES string of the molecule is O=CN(c1ccccc1)N1CCOCC1. The van der Waals surface area contributed by atoms with Gasteiger partial charge in [0.15, 0.2) is 0 Å². The van der Waals surface area contributed by atoms with E-state index in [0.717, 1.165) is 25.2 Å². The molecular formula is C11H14N2O2. The largest absolute Gasteiger partial charge is 0.379 e. The molecule has 4 heteroatoms. The molecule has 1 aliphatic heterocycles. The number of hydrazine groups is 1. The molecule has 0 atom stereocenters. The van der Waals surface area contributed by atoms with Crippen LogP contribution in [0.3, 0.4) is 0 Å². The Balaban J connectivity index is 2.12. The van der Waals surface area contributed by atoms with Gasteiger partial charge in [-0.3, -0.25) is 4.79 Å². The first kappa shape index (κ1) is 10.1. The van der Waals surface area contributed by atoms with Crippen LogP contribution in [-0.4, -0.2) is 37.7 Å².